The van der Waals surface area contributed by atoms with Gasteiger partial charge >= 0.3 is 0 Å². The lowest BCUT2D eigenvalue weighted by molar-refractivity contribution is 0.279. The molecule has 1 aromatic heterocycles. The van der Waals surface area contributed by atoms with Gasteiger partial charge in [0.05, 0.1) is 6.61 Å². The van der Waals surface area contributed by atoms with Crippen LogP contribution >= 0.6 is 27.7 Å². The fraction of sp³-hybridized carbons (Fsp3) is 0.0909. The number of aliphatic hydroxyl groups excluding tert-OH is 1. The maximum atomic E-state index is 9.28. The van der Waals surface area contributed by atoms with E-state index in [4.69, 9.17) is 11.5 Å². The average molecular weight is 327 g/mol. The van der Waals surface area contributed by atoms with Gasteiger partial charge in [-0.05, 0) is 29.5 Å². The molecule has 7 heteroatoms. The van der Waals surface area contributed by atoms with Crippen molar-refractivity contribution in [1.82, 2.24) is 9.97 Å². The van der Waals surface area contributed by atoms with E-state index in [9.17, 15) is 5.11 Å². The second kappa shape index (κ2) is 5.55. The molecule has 0 radical (unpaired) electrons. The lowest BCUT2D eigenvalue weighted by Gasteiger charge is -2.07. The standard InChI is InChI=1S/C11H11BrN4OS/c12-7-2-1-6(5-17)8(3-7)18-11-15-9(13)4-10(14)16-11/h1-4,17H,5H2,(H4,13,14,15,16). The average Bonchev–Trinajstić information content (AvgIpc) is 2.27. The Bertz CT molecular complexity index is 559. The Kier molecular flexibility index (Phi) is 4.05. The molecule has 0 saturated carbocycles. The second-order valence-corrected chi connectivity index (χ2v) is 5.44. The summed E-state index contributed by atoms with van der Waals surface area (Å²) in [5.74, 6) is 0.649. The van der Waals surface area contributed by atoms with Crippen LogP contribution < -0.4 is 11.5 Å². The summed E-state index contributed by atoms with van der Waals surface area (Å²) in [6.45, 7) is -0.0482. The Balaban J connectivity index is 2.35. The van der Waals surface area contributed by atoms with Gasteiger partial charge in [0.25, 0.3) is 0 Å². The third-order valence-corrected chi connectivity index (χ3v) is 3.60. The molecule has 1 heterocycles. The maximum absolute atomic E-state index is 9.28. The van der Waals surface area contributed by atoms with Crippen molar-refractivity contribution in [2.24, 2.45) is 0 Å². The van der Waals surface area contributed by atoms with Crippen LogP contribution in [0.4, 0.5) is 11.6 Å². The van der Waals surface area contributed by atoms with Gasteiger partial charge in [-0.3, -0.25) is 0 Å². The molecule has 0 unspecified atom stereocenters. The summed E-state index contributed by atoms with van der Waals surface area (Å²) in [5.41, 5.74) is 12.0. The number of aliphatic hydroxyl groups is 1. The SMILES string of the molecule is Nc1cc(N)nc(Sc2cc(Br)ccc2CO)n1. The number of halogens is 1. The van der Waals surface area contributed by atoms with Gasteiger partial charge in [-0.1, -0.05) is 22.0 Å². The molecule has 0 aliphatic carbocycles. The summed E-state index contributed by atoms with van der Waals surface area (Å²) in [6, 6.07) is 7.09. The van der Waals surface area contributed by atoms with Crippen LogP contribution in [0.25, 0.3) is 0 Å². The summed E-state index contributed by atoms with van der Waals surface area (Å²) in [4.78, 5) is 9.03. The first-order valence-electron chi connectivity index (χ1n) is 5.05. The molecule has 2 aromatic rings. The van der Waals surface area contributed by atoms with Crippen LogP contribution in [0.2, 0.25) is 0 Å². The first kappa shape index (κ1) is 13.1. The third-order valence-electron chi connectivity index (χ3n) is 2.15. The van der Waals surface area contributed by atoms with Crippen molar-refractivity contribution in [1.29, 1.82) is 0 Å². The van der Waals surface area contributed by atoms with E-state index >= 15 is 0 Å². The van der Waals surface area contributed by atoms with Crippen LogP contribution in [0.15, 0.2) is 38.8 Å². The Morgan fingerprint density at radius 2 is 1.83 bits per heavy atom. The maximum Gasteiger partial charge on any atom is 0.196 e. The summed E-state index contributed by atoms with van der Waals surface area (Å²) >= 11 is 4.69. The van der Waals surface area contributed by atoms with E-state index in [0.717, 1.165) is 14.9 Å². The highest BCUT2D eigenvalue weighted by atomic mass is 79.9. The van der Waals surface area contributed by atoms with E-state index in [1.807, 2.05) is 18.2 Å². The monoisotopic (exact) mass is 326 g/mol. The topological polar surface area (TPSA) is 98.1 Å². The van der Waals surface area contributed by atoms with Crippen LogP contribution in [0, 0.1) is 0 Å². The van der Waals surface area contributed by atoms with Crippen LogP contribution in [0.1, 0.15) is 5.56 Å². The Morgan fingerprint density at radius 3 is 2.44 bits per heavy atom. The van der Waals surface area contributed by atoms with Gasteiger partial charge in [-0.25, -0.2) is 9.97 Å². The fourth-order valence-corrected chi connectivity index (χ4v) is 2.82. The molecule has 0 amide bonds. The zero-order valence-electron chi connectivity index (χ0n) is 9.30. The molecular formula is C11H11BrN4OS. The van der Waals surface area contributed by atoms with E-state index in [2.05, 4.69) is 25.9 Å². The molecule has 2 rings (SSSR count). The Morgan fingerprint density at radius 1 is 1.17 bits per heavy atom. The largest absolute Gasteiger partial charge is 0.392 e. The van der Waals surface area contributed by atoms with Crippen molar-refractivity contribution in [3.05, 3.63) is 34.3 Å². The minimum atomic E-state index is -0.0482. The second-order valence-electron chi connectivity index (χ2n) is 3.51. The minimum absolute atomic E-state index is 0.0482. The van der Waals surface area contributed by atoms with Gasteiger partial charge in [0.15, 0.2) is 5.16 Å². The molecular weight excluding hydrogens is 316 g/mol. The van der Waals surface area contributed by atoms with E-state index < -0.39 is 0 Å². The van der Waals surface area contributed by atoms with E-state index in [1.165, 1.54) is 17.8 Å². The highest BCUT2D eigenvalue weighted by Gasteiger charge is 2.08. The van der Waals surface area contributed by atoms with E-state index in [-0.39, 0.29) is 6.61 Å². The molecule has 18 heavy (non-hydrogen) atoms. The fourth-order valence-electron chi connectivity index (χ4n) is 1.36. The van der Waals surface area contributed by atoms with Crippen LogP contribution in [0.3, 0.4) is 0 Å². The van der Waals surface area contributed by atoms with Crippen LogP contribution in [-0.2, 0) is 6.61 Å². The molecule has 1 aromatic carbocycles. The van der Waals surface area contributed by atoms with Crippen molar-refractivity contribution >= 4 is 39.3 Å². The van der Waals surface area contributed by atoms with Gasteiger partial charge in [0.1, 0.15) is 11.6 Å². The number of rotatable bonds is 3. The summed E-state index contributed by atoms with van der Waals surface area (Å²) in [5, 5.41) is 9.74. The number of anilines is 2. The van der Waals surface area contributed by atoms with Crippen molar-refractivity contribution < 1.29 is 5.11 Å². The lowest BCUT2D eigenvalue weighted by atomic mass is 10.2. The lowest BCUT2D eigenvalue weighted by Crippen LogP contribution is -1.99. The molecule has 94 valence electrons. The number of nitrogens with two attached hydrogens (primary N) is 2. The smallest absolute Gasteiger partial charge is 0.196 e. The number of aromatic nitrogens is 2. The predicted molar refractivity (Wildman–Crippen MR) is 75.0 cm³/mol. The van der Waals surface area contributed by atoms with Crippen molar-refractivity contribution in [2.45, 2.75) is 16.7 Å². The molecule has 0 saturated heterocycles. The van der Waals surface area contributed by atoms with Crippen LogP contribution in [0.5, 0.6) is 0 Å². The highest BCUT2D eigenvalue weighted by molar-refractivity contribution is 9.10. The molecule has 0 aliphatic heterocycles. The first-order valence-corrected chi connectivity index (χ1v) is 6.66. The molecule has 5 N–H and O–H groups in total. The third kappa shape index (κ3) is 3.12. The van der Waals surface area contributed by atoms with Gasteiger partial charge in [-0.2, -0.15) is 0 Å². The predicted octanol–water partition coefficient (Wildman–Crippen LogP) is 2.05. The van der Waals surface area contributed by atoms with Gasteiger partial charge in [0.2, 0.25) is 0 Å². The van der Waals surface area contributed by atoms with Crippen molar-refractivity contribution in [2.75, 3.05) is 11.5 Å². The minimum Gasteiger partial charge on any atom is -0.392 e. The van der Waals surface area contributed by atoms with Crippen molar-refractivity contribution in [3.63, 3.8) is 0 Å². The number of hydrogen-bond donors (Lipinski definition) is 3. The Hall–Kier alpha value is -1.31. The number of hydrogen-bond acceptors (Lipinski definition) is 6. The number of nitrogens with zero attached hydrogens (tertiary/aromatic N) is 2. The number of nitrogen functional groups attached to an aromatic ring is 2. The first-order chi connectivity index (χ1) is 8.58. The van der Waals surface area contributed by atoms with E-state index in [1.54, 1.807) is 0 Å². The van der Waals surface area contributed by atoms with Gasteiger partial charge in [-0.15, -0.1) is 0 Å². The van der Waals surface area contributed by atoms with E-state index in [0.29, 0.717) is 16.8 Å². The van der Waals surface area contributed by atoms with Gasteiger partial charge in [0, 0.05) is 15.4 Å². The zero-order valence-corrected chi connectivity index (χ0v) is 11.7. The normalized spacial score (nSPS) is 10.6. The van der Waals surface area contributed by atoms with Crippen LogP contribution in [-0.4, -0.2) is 15.1 Å². The summed E-state index contributed by atoms with van der Waals surface area (Å²) in [7, 11) is 0. The summed E-state index contributed by atoms with van der Waals surface area (Å²) < 4.78 is 0.916. The zero-order chi connectivity index (χ0) is 13.1. The molecule has 5 nitrogen and oxygen atoms in total. The highest BCUT2D eigenvalue weighted by Crippen LogP contribution is 2.31. The molecule has 0 bridgehead atoms. The van der Waals surface area contributed by atoms with Gasteiger partial charge < -0.3 is 16.6 Å². The molecule has 0 atom stereocenters. The number of benzene rings is 1. The summed E-state index contributed by atoms with van der Waals surface area (Å²) in [6.07, 6.45) is 0. The van der Waals surface area contributed by atoms with Crippen molar-refractivity contribution in [3.8, 4) is 0 Å². The molecule has 0 spiro atoms. The molecule has 0 fully saturated rings. The molecule has 0 aliphatic rings. The quantitative estimate of drug-likeness (QED) is 0.747. The Labute approximate surface area is 117 Å².